The average molecular weight is 496 g/mol. The fourth-order valence-electron chi connectivity index (χ4n) is 5.66. The van der Waals surface area contributed by atoms with Gasteiger partial charge < -0.3 is 26.2 Å². The van der Waals surface area contributed by atoms with Crippen molar-refractivity contribution in [1.29, 1.82) is 0 Å². The number of primary amides is 1. The van der Waals surface area contributed by atoms with Crippen LogP contribution in [0.3, 0.4) is 0 Å². The number of aliphatic hydroxyl groups is 3. The maximum absolute atomic E-state index is 13.6. The molecular formula is C26H29N3O7. The largest absolute Gasteiger partial charge is 0.510 e. The molecule has 3 aliphatic rings. The highest BCUT2D eigenvalue weighted by atomic mass is 16.3. The summed E-state index contributed by atoms with van der Waals surface area (Å²) >= 11 is 0. The van der Waals surface area contributed by atoms with Gasteiger partial charge in [-0.3, -0.25) is 24.2 Å². The molecule has 10 nitrogen and oxygen atoms in total. The SMILES string of the molecule is CN(C)CC#Cc1ccc(O)c2c1CC1CC3C(N(C)C)C(O)=C(C(N)=O)C(=O)C3(O)C(O)=C1C2=O. The number of aliphatic hydroxyl groups excluding tert-OH is 2. The molecule has 0 spiro atoms. The zero-order valence-electron chi connectivity index (χ0n) is 20.5. The summed E-state index contributed by atoms with van der Waals surface area (Å²) in [7, 11) is 6.91. The third kappa shape index (κ3) is 3.59. The highest BCUT2D eigenvalue weighted by Crippen LogP contribution is 2.52. The normalized spacial score (nSPS) is 27.5. The minimum Gasteiger partial charge on any atom is -0.510 e. The number of nitrogens with zero attached hydrogens (tertiary/aromatic N) is 2. The lowest BCUT2D eigenvalue weighted by atomic mass is 9.58. The number of phenols is 1. The van der Waals surface area contributed by atoms with Gasteiger partial charge in [0.25, 0.3) is 5.91 Å². The molecule has 6 N–H and O–H groups in total. The summed E-state index contributed by atoms with van der Waals surface area (Å²) < 4.78 is 0. The number of aromatic hydroxyl groups is 1. The summed E-state index contributed by atoms with van der Waals surface area (Å²) in [6, 6.07) is 1.94. The van der Waals surface area contributed by atoms with Crippen LogP contribution in [0.1, 0.15) is 27.9 Å². The molecule has 4 rings (SSSR count). The lowest BCUT2D eigenvalue weighted by molar-refractivity contribution is -0.148. The number of fused-ring (bicyclic) bond motifs is 3. The lowest BCUT2D eigenvalue weighted by Crippen LogP contribution is -2.63. The fourth-order valence-corrected chi connectivity index (χ4v) is 5.66. The third-order valence-electron chi connectivity index (χ3n) is 7.22. The van der Waals surface area contributed by atoms with E-state index in [1.54, 1.807) is 20.2 Å². The van der Waals surface area contributed by atoms with E-state index in [-0.39, 0.29) is 29.7 Å². The summed E-state index contributed by atoms with van der Waals surface area (Å²) in [6.07, 6.45) is 0.237. The molecule has 0 saturated heterocycles. The van der Waals surface area contributed by atoms with Gasteiger partial charge in [-0.25, -0.2) is 0 Å². The maximum atomic E-state index is 13.6. The Morgan fingerprint density at radius 3 is 2.42 bits per heavy atom. The Morgan fingerprint density at radius 2 is 1.83 bits per heavy atom. The summed E-state index contributed by atoms with van der Waals surface area (Å²) in [6.45, 7) is 0.481. The first-order chi connectivity index (χ1) is 16.8. The maximum Gasteiger partial charge on any atom is 0.255 e. The number of nitrogens with two attached hydrogens (primary N) is 1. The number of carbonyl (C=O) groups excluding carboxylic acids is 3. The first-order valence-electron chi connectivity index (χ1n) is 11.5. The van der Waals surface area contributed by atoms with Crippen LogP contribution in [0, 0.1) is 23.7 Å². The predicted octanol–water partition coefficient (Wildman–Crippen LogP) is 0.0337. The van der Waals surface area contributed by atoms with Gasteiger partial charge in [0.2, 0.25) is 5.78 Å². The Balaban J connectivity index is 1.91. The van der Waals surface area contributed by atoms with Crippen LogP contribution in [0.15, 0.2) is 34.8 Å². The number of hydrogen-bond donors (Lipinski definition) is 5. The van der Waals surface area contributed by atoms with E-state index in [0.717, 1.165) is 0 Å². The van der Waals surface area contributed by atoms with Crippen molar-refractivity contribution in [3.63, 3.8) is 0 Å². The standard InChI is InChI=1S/C26H29N3O7/c1-28(2)9-5-6-12-7-8-16(30)18-14(12)10-13-11-15-20(29(3)4)22(32)19(25(27)35)24(34)26(15,36)23(33)17(13)21(18)31/h7-8,13,15,20,30,32-33,36H,9-11H2,1-4H3,(H2,27,35). The first-order valence-corrected chi connectivity index (χ1v) is 11.5. The van der Waals surface area contributed by atoms with Gasteiger partial charge >= 0.3 is 0 Å². The number of carbonyl (C=O) groups is 3. The second-order valence-corrected chi connectivity index (χ2v) is 9.99. The zero-order valence-corrected chi connectivity index (χ0v) is 20.5. The monoisotopic (exact) mass is 495 g/mol. The summed E-state index contributed by atoms with van der Waals surface area (Å²) in [4.78, 5) is 42.3. The summed E-state index contributed by atoms with van der Waals surface area (Å²) in [5, 5.41) is 44.2. The van der Waals surface area contributed by atoms with Crippen LogP contribution in [0.2, 0.25) is 0 Å². The number of Topliss-reactive ketones (excluding diaryl/α,β-unsaturated/α-hetero) is 2. The topological polar surface area (TPSA) is 165 Å². The van der Waals surface area contributed by atoms with E-state index in [4.69, 9.17) is 5.73 Å². The van der Waals surface area contributed by atoms with Gasteiger partial charge in [0.15, 0.2) is 11.4 Å². The number of amides is 1. The zero-order chi connectivity index (χ0) is 26.7. The van der Waals surface area contributed by atoms with Crippen LogP contribution in [0.5, 0.6) is 5.75 Å². The molecule has 1 aromatic carbocycles. The minimum absolute atomic E-state index is 0.0337. The number of allylic oxidation sites excluding steroid dienone is 1. The van der Waals surface area contributed by atoms with Gasteiger partial charge in [-0.1, -0.05) is 11.8 Å². The molecular weight excluding hydrogens is 466 g/mol. The number of ketones is 2. The van der Waals surface area contributed by atoms with Crippen molar-refractivity contribution in [3.05, 3.63) is 51.5 Å². The van der Waals surface area contributed by atoms with E-state index in [2.05, 4.69) is 11.8 Å². The highest BCUT2D eigenvalue weighted by Gasteiger charge is 2.63. The Labute approximate surface area is 208 Å². The van der Waals surface area contributed by atoms with E-state index in [1.165, 1.54) is 11.0 Å². The van der Waals surface area contributed by atoms with Crippen molar-refractivity contribution in [3.8, 4) is 17.6 Å². The molecule has 0 bridgehead atoms. The van der Waals surface area contributed by atoms with Gasteiger partial charge in [-0.15, -0.1) is 0 Å². The molecule has 4 unspecified atom stereocenters. The Kier molecular flexibility index (Phi) is 6.21. The number of likely N-dealkylation sites (N-methyl/N-ethyl adjacent to an activating group) is 1. The predicted molar refractivity (Wildman–Crippen MR) is 129 cm³/mol. The van der Waals surface area contributed by atoms with Gasteiger partial charge in [0.1, 0.15) is 22.8 Å². The van der Waals surface area contributed by atoms with Crippen molar-refractivity contribution >= 4 is 17.5 Å². The second kappa shape index (κ2) is 8.78. The minimum atomic E-state index is -2.65. The Bertz CT molecular complexity index is 1310. The van der Waals surface area contributed by atoms with Crippen molar-refractivity contribution in [1.82, 2.24) is 9.80 Å². The molecule has 0 heterocycles. The molecule has 0 saturated carbocycles. The summed E-state index contributed by atoms with van der Waals surface area (Å²) in [5.74, 6) is -0.678. The molecule has 0 fully saturated rings. The lowest BCUT2D eigenvalue weighted by Gasteiger charge is -2.50. The van der Waals surface area contributed by atoms with Crippen molar-refractivity contribution in [2.24, 2.45) is 17.6 Å². The molecule has 3 aliphatic carbocycles. The Hall–Kier alpha value is -3.65. The average Bonchev–Trinajstić information content (AvgIpc) is 2.77. The van der Waals surface area contributed by atoms with Crippen LogP contribution in [-0.2, 0) is 16.0 Å². The van der Waals surface area contributed by atoms with E-state index in [0.29, 0.717) is 17.7 Å². The molecule has 0 aromatic heterocycles. The van der Waals surface area contributed by atoms with E-state index < -0.39 is 58.0 Å². The molecule has 190 valence electrons. The van der Waals surface area contributed by atoms with E-state index in [1.807, 2.05) is 19.0 Å². The molecule has 1 amide bonds. The van der Waals surface area contributed by atoms with Gasteiger partial charge in [0.05, 0.1) is 18.2 Å². The van der Waals surface area contributed by atoms with Crippen molar-refractivity contribution < 1.29 is 34.8 Å². The van der Waals surface area contributed by atoms with Crippen LogP contribution in [-0.4, -0.2) is 94.1 Å². The van der Waals surface area contributed by atoms with Crippen LogP contribution in [0.25, 0.3) is 0 Å². The van der Waals surface area contributed by atoms with Crippen molar-refractivity contribution in [2.75, 3.05) is 34.7 Å². The van der Waals surface area contributed by atoms with Crippen LogP contribution in [0.4, 0.5) is 0 Å². The quantitative estimate of drug-likeness (QED) is 0.287. The van der Waals surface area contributed by atoms with E-state index >= 15 is 0 Å². The van der Waals surface area contributed by atoms with Gasteiger partial charge in [0, 0.05) is 17.1 Å². The van der Waals surface area contributed by atoms with Crippen LogP contribution < -0.4 is 5.73 Å². The van der Waals surface area contributed by atoms with Gasteiger partial charge in [-0.2, -0.15) is 0 Å². The van der Waals surface area contributed by atoms with Crippen LogP contribution >= 0.6 is 0 Å². The highest BCUT2D eigenvalue weighted by molar-refractivity contribution is 6.24. The molecule has 0 aliphatic heterocycles. The third-order valence-corrected chi connectivity index (χ3v) is 7.22. The summed E-state index contributed by atoms with van der Waals surface area (Å²) in [5.41, 5.74) is 2.68. The fraction of sp³-hybridized carbons (Fsp3) is 0.423. The number of hydrogen-bond acceptors (Lipinski definition) is 9. The molecule has 1 aromatic rings. The number of phenolic OH excluding ortho intramolecular Hbond substituents is 1. The van der Waals surface area contributed by atoms with Crippen molar-refractivity contribution in [2.45, 2.75) is 24.5 Å². The molecule has 4 atom stereocenters. The second-order valence-electron chi connectivity index (χ2n) is 9.99. The first kappa shape index (κ1) is 25.4. The number of benzene rings is 1. The number of rotatable bonds is 3. The molecule has 36 heavy (non-hydrogen) atoms. The smallest absolute Gasteiger partial charge is 0.255 e. The Morgan fingerprint density at radius 1 is 1.17 bits per heavy atom. The molecule has 10 heteroatoms. The molecule has 0 radical (unpaired) electrons. The van der Waals surface area contributed by atoms with Gasteiger partial charge in [-0.05, 0) is 64.6 Å². The van der Waals surface area contributed by atoms with E-state index in [9.17, 15) is 34.8 Å².